The number of benzene rings is 2. The molecule has 0 unspecified atom stereocenters. The number of fused-ring (bicyclic) bond motifs is 2. The van der Waals surface area contributed by atoms with Crippen LogP contribution in [0.15, 0.2) is 97.5 Å². The monoisotopic (exact) mass is 320 g/mol. The second-order valence-corrected chi connectivity index (χ2v) is 6.22. The fourth-order valence-corrected chi connectivity index (χ4v) is 3.38. The standard InChI is InChI=1S/C23H16N2/c1-2-6-17(7-3-1)18-11-12-23(24-15-18)21-10-4-8-19-16-25-13-5-9-20(25)14-22(19)21/h1-16H. The summed E-state index contributed by atoms with van der Waals surface area (Å²) in [4.78, 5) is 4.74. The highest BCUT2D eigenvalue weighted by Gasteiger charge is 2.07. The highest BCUT2D eigenvalue weighted by atomic mass is 14.8. The van der Waals surface area contributed by atoms with E-state index in [1.54, 1.807) is 0 Å². The van der Waals surface area contributed by atoms with Gasteiger partial charge >= 0.3 is 0 Å². The average Bonchev–Trinajstić information content (AvgIpc) is 3.14. The molecule has 25 heavy (non-hydrogen) atoms. The Labute approximate surface area is 146 Å². The van der Waals surface area contributed by atoms with Crippen LogP contribution < -0.4 is 0 Å². The second kappa shape index (κ2) is 5.60. The number of hydrogen-bond donors (Lipinski definition) is 0. The quantitative estimate of drug-likeness (QED) is 0.400. The van der Waals surface area contributed by atoms with Gasteiger partial charge in [0.15, 0.2) is 0 Å². The fraction of sp³-hybridized carbons (Fsp3) is 0. The van der Waals surface area contributed by atoms with E-state index in [1.165, 1.54) is 27.4 Å². The van der Waals surface area contributed by atoms with Gasteiger partial charge in [-0.2, -0.15) is 0 Å². The van der Waals surface area contributed by atoms with Crippen LogP contribution in [0.3, 0.4) is 0 Å². The first kappa shape index (κ1) is 14.0. The minimum atomic E-state index is 1.00. The molecule has 118 valence electrons. The Kier molecular flexibility index (Phi) is 3.14. The second-order valence-electron chi connectivity index (χ2n) is 6.22. The maximum Gasteiger partial charge on any atom is 0.0708 e. The third-order valence-electron chi connectivity index (χ3n) is 4.67. The normalized spacial score (nSPS) is 11.2. The van der Waals surface area contributed by atoms with Crippen molar-refractivity contribution in [2.75, 3.05) is 0 Å². The predicted octanol–water partition coefficient (Wildman–Crippen LogP) is 5.82. The first-order chi connectivity index (χ1) is 12.4. The Hall–Kier alpha value is -3.39. The summed E-state index contributed by atoms with van der Waals surface area (Å²) in [5.41, 5.74) is 5.69. The summed E-state index contributed by atoms with van der Waals surface area (Å²) in [6.07, 6.45) is 6.21. The largest absolute Gasteiger partial charge is 0.323 e. The van der Waals surface area contributed by atoms with Crippen LogP contribution >= 0.6 is 0 Å². The summed E-state index contributed by atoms with van der Waals surface area (Å²) in [7, 11) is 0. The molecule has 0 bridgehead atoms. The Morgan fingerprint density at radius 1 is 0.720 bits per heavy atom. The Morgan fingerprint density at radius 2 is 1.64 bits per heavy atom. The van der Waals surface area contributed by atoms with Crippen molar-refractivity contribution in [3.05, 3.63) is 97.5 Å². The summed E-state index contributed by atoms with van der Waals surface area (Å²) in [6.45, 7) is 0. The third-order valence-corrected chi connectivity index (χ3v) is 4.67. The van der Waals surface area contributed by atoms with Crippen molar-refractivity contribution in [3.8, 4) is 22.4 Å². The summed E-state index contributed by atoms with van der Waals surface area (Å²) < 4.78 is 2.15. The molecule has 5 aromatic rings. The van der Waals surface area contributed by atoms with Crippen LogP contribution in [0.5, 0.6) is 0 Å². The van der Waals surface area contributed by atoms with Gasteiger partial charge in [0.1, 0.15) is 0 Å². The molecule has 0 saturated heterocycles. The topological polar surface area (TPSA) is 17.3 Å². The van der Waals surface area contributed by atoms with Gasteiger partial charge in [-0.05, 0) is 40.6 Å². The molecule has 0 spiro atoms. The maximum absolute atomic E-state index is 4.74. The van der Waals surface area contributed by atoms with E-state index in [0.29, 0.717) is 0 Å². The molecule has 0 atom stereocenters. The molecule has 3 heterocycles. The average molecular weight is 320 g/mol. The van der Waals surface area contributed by atoms with Gasteiger partial charge in [0.25, 0.3) is 0 Å². The lowest BCUT2D eigenvalue weighted by atomic mass is 10.0. The van der Waals surface area contributed by atoms with E-state index in [1.807, 2.05) is 12.3 Å². The molecule has 5 rings (SSSR count). The van der Waals surface area contributed by atoms with Crippen molar-refractivity contribution >= 4 is 16.3 Å². The number of nitrogens with zero attached hydrogens (tertiary/aromatic N) is 2. The van der Waals surface area contributed by atoms with Gasteiger partial charge in [0.05, 0.1) is 5.69 Å². The van der Waals surface area contributed by atoms with E-state index in [2.05, 4.69) is 89.6 Å². The van der Waals surface area contributed by atoms with Gasteiger partial charge in [0.2, 0.25) is 0 Å². The highest BCUT2D eigenvalue weighted by Crippen LogP contribution is 2.29. The molecule has 0 amide bonds. The fourth-order valence-electron chi connectivity index (χ4n) is 3.38. The van der Waals surface area contributed by atoms with Crippen LogP contribution in [-0.2, 0) is 0 Å². The van der Waals surface area contributed by atoms with Crippen molar-refractivity contribution in [1.29, 1.82) is 0 Å². The first-order valence-electron chi connectivity index (χ1n) is 8.40. The molecule has 2 aromatic carbocycles. The lowest BCUT2D eigenvalue weighted by Gasteiger charge is -2.09. The van der Waals surface area contributed by atoms with E-state index in [-0.39, 0.29) is 0 Å². The Morgan fingerprint density at radius 3 is 2.48 bits per heavy atom. The smallest absolute Gasteiger partial charge is 0.0708 e. The highest BCUT2D eigenvalue weighted by molar-refractivity contribution is 5.97. The molecule has 0 aliphatic carbocycles. The molecule has 3 aromatic heterocycles. The first-order valence-corrected chi connectivity index (χ1v) is 8.40. The van der Waals surface area contributed by atoms with Crippen molar-refractivity contribution < 1.29 is 0 Å². The molecule has 0 aliphatic heterocycles. The van der Waals surface area contributed by atoms with E-state index < -0.39 is 0 Å². The molecule has 2 nitrogen and oxygen atoms in total. The van der Waals surface area contributed by atoms with Gasteiger partial charge in [-0.1, -0.05) is 54.6 Å². The van der Waals surface area contributed by atoms with Crippen molar-refractivity contribution in [2.45, 2.75) is 0 Å². The molecule has 2 heteroatoms. The molecule has 0 aliphatic rings. The summed E-state index contributed by atoms with van der Waals surface area (Å²) in [5.74, 6) is 0. The van der Waals surface area contributed by atoms with Gasteiger partial charge in [-0.25, -0.2) is 0 Å². The SMILES string of the molecule is c1ccc(-c2ccc(-c3cccc4cn5cccc5cc34)nc2)cc1. The zero-order valence-corrected chi connectivity index (χ0v) is 13.6. The van der Waals surface area contributed by atoms with Crippen LogP contribution in [0.4, 0.5) is 0 Å². The lowest BCUT2D eigenvalue weighted by Crippen LogP contribution is -1.89. The van der Waals surface area contributed by atoms with Gasteiger partial charge in [0, 0.05) is 35.2 Å². The summed E-state index contributed by atoms with van der Waals surface area (Å²) in [5, 5.41) is 2.45. The van der Waals surface area contributed by atoms with Gasteiger partial charge in [-0.15, -0.1) is 0 Å². The van der Waals surface area contributed by atoms with Gasteiger partial charge < -0.3 is 4.40 Å². The lowest BCUT2D eigenvalue weighted by molar-refractivity contribution is 1.22. The Bertz CT molecular complexity index is 1170. The predicted molar refractivity (Wildman–Crippen MR) is 104 cm³/mol. The summed E-state index contributed by atoms with van der Waals surface area (Å²) >= 11 is 0. The molecule has 0 N–H and O–H groups in total. The zero-order valence-electron chi connectivity index (χ0n) is 13.6. The van der Waals surface area contributed by atoms with Crippen LogP contribution in [0, 0.1) is 0 Å². The minimum Gasteiger partial charge on any atom is -0.323 e. The van der Waals surface area contributed by atoms with E-state index in [9.17, 15) is 0 Å². The molecule has 0 radical (unpaired) electrons. The number of aromatic nitrogens is 2. The van der Waals surface area contributed by atoms with E-state index >= 15 is 0 Å². The molecular weight excluding hydrogens is 304 g/mol. The molecule has 0 fully saturated rings. The van der Waals surface area contributed by atoms with Crippen molar-refractivity contribution in [1.82, 2.24) is 9.38 Å². The van der Waals surface area contributed by atoms with Gasteiger partial charge in [-0.3, -0.25) is 4.98 Å². The Balaban J connectivity index is 1.65. The van der Waals surface area contributed by atoms with Crippen molar-refractivity contribution in [3.63, 3.8) is 0 Å². The van der Waals surface area contributed by atoms with Crippen molar-refractivity contribution in [2.24, 2.45) is 0 Å². The zero-order chi connectivity index (χ0) is 16.6. The van der Waals surface area contributed by atoms with E-state index in [0.717, 1.165) is 11.3 Å². The maximum atomic E-state index is 4.74. The summed E-state index contributed by atoms with van der Waals surface area (Å²) in [6, 6.07) is 27.4. The van der Waals surface area contributed by atoms with Crippen LogP contribution in [0.2, 0.25) is 0 Å². The number of rotatable bonds is 2. The number of pyridine rings is 2. The van der Waals surface area contributed by atoms with Crippen LogP contribution in [0.1, 0.15) is 0 Å². The van der Waals surface area contributed by atoms with Crippen LogP contribution in [0.25, 0.3) is 38.7 Å². The molecule has 0 saturated carbocycles. The number of hydrogen-bond acceptors (Lipinski definition) is 1. The van der Waals surface area contributed by atoms with Crippen LogP contribution in [-0.4, -0.2) is 9.38 Å². The van der Waals surface area contributed by atoms with E-state index in [4.69, 9.17) is 4.98 Å². The minimum absolute atomic E-state index is 1.00. The third kappa shape index (κ3) is 2.39. The molecular formula is C23H16N2.